The fourth-order valence-electron chi connectivity index (χ4n) is 1.31. The maximum atomic E-state index is 5.65. The van der Waals surface area contributed by atoms with Crippen molar-refractivity contribution in [1.29, 1.82) is 0 Å². The summed E-state index contributed by atoms with van der Waals surface area (Å²) in [4.78, 5) is 0. The van der Waals surface area contributed by atoms with Gasteiger partial charge in [0.15, 0.2) is 0 Å². The minimum Gasteiger partial charge on any atom is -0.460 e. The number of fused-ring (bicyclic) bond motifs is 1. The van der Waals surface area contributed by atoms with Crippen molar-refractivity contribution in [3.05, 3.63) is 36.1 Å². The third-order valence-corrected chi connectivity index (χ3v) is 2.82. The Labute approximate surface area is 82.1 Å². The van der Waals surface area contributed by atoms with Crippen molar-refractivity contribution in [2.75, 3.05) is 5.75 Å². The third kappa shape index (κ3) is 1.89. The highest BCUT2D eigenvalue weighted by atomic mass is 32.2. The SMILES string of the molecule is CCSCc1cc2ccccc2o1. The van der Waals surface area contributed by atoms with Crippen LogP contribution in [-0.4, -0.2) is 5.75 Å². The Kier molecular flexibility index (Phi) is 2.60. The van der Waals surface area contributed by atoms with Gasteiger partial charge in [-0.15, -0.1) is 0 Å². The summed E-state index contributed by atoms with van der Waals surface area (Å²) in [6.45, 7) is 2.16. The lowest BCUT2D eigenvalue weighted by atomic mass is 10.2. The highest BCUT2D eigenvalue weighted by molar-refractivity contribution is 7.98. The average Bonchev–Trinajstić information content (AvgIpc) is 2.57. The Balaban J connectivity index is 2.28. The summed E-state index contributed by atoms with van der Waals surface area (Å²) in [5, 5.41) is 1.20. The second-order valence-electron chi connectivity index (χ2n) is 2.89. The number of furan rings is 1. The molecule has 1 nitrogen and oxygen atoms in total. The van der Waals surface area contributed by atoms with Crippen LogP contribution < -0.4 is 0 Å². The molecule has 1 heterocycles. The predicted molar refractivity (Wildman–Crippen MR) is 58.1 cm³/mol. The van der Waals surface area contributed by atoms with E-state index in [-0.39, 0.29) is 0 Å². The Morgan fingerprint density at radius 2 is 2.15 bits per heavy atom. The van der Waals surface area contributed by atoms with Crippen LogP contribution in [0.1, 0.15) is 12.7 Å². The van der Waals surface area contributed by atoms with E-state index in [1.54, 1.807) is 0 Å². The van der Waals surface area contributed by atoms with Gasteiger partial charge in [0.1, 0.15) is 11.3 Å². The summed E-state index contributed by atoms with van der Waals surface area (Å²) in [5.41, 5.74) is 0.995. The van der Waals surface area contributed by atoms with Gasteiger partial charge in [0, 0.05) is 5.39 Å². The Hall–Kier alpha value is -0.890. The van der Waals surface area contributed by atoms with Gasteiger partial charge in [-0.1, -0.05) is 25.1 Å². The van der Waals surface area contributed by atoms with Gasteiger partial charge < -0.3 is 4.42 Å². The first kappa shape index (κ1) is 8.70. The molecule has 2 heteroatoms. The van der Waals surface area contributed by atoms with E-state index >= 15 is 0 Å². The molecule has 0 bridgehead atoms. The first-order valence-electron chi connectivity index (χ1n) is 4.45. The lowest BCUT2D eigenvalue weighted by molar-refractivity contribution is 0.574. The number of para-hydroxylation sites is 1. The van der Waals surface area contributed by atoms with E-state index in [9.17, 15) is 0 Å². The van der Waals surface area contributed by atoms with E-state index in [2.05, 4.69) is 19.1 Å². The molecule has 0 aliphatic carbocycles. The van der Waals surface area contributed by atoms with Crippen LogP contribution in [0.2, 0.25) is 0 Å². The summed E-state index contributed by atoms with van der Waals surface area (Å²) in [6.07, 6.45) is 0. The Bertz CT molecular complexity index is 359. The van der Waals surface area contributed by atoms with Gasteiger partial charge in [-0.3, -0.25) is 0 Å². The molecule has 0 saturated heterocycles. The maximum absolute atomic E-state index is 5.65. The first-order valence-corrected chi connectivity index (χ1v) is 5.61. The Morgan fingerprint density at radius 3 is 2.92 bits per heavy atom. The van der Waals surface area contributed by atoms with E-state index in [1.165, 1.54) is 5.39 Å². The number of thioether (sulfide) groups is 1. The van der Waals surface area contributed by atoms with Gasteiger partial charge in [0.2, 0.25) is 0 Å². The van der Waals surface area contributed by atoms with Gasteiger partial charge >= 0.3 is 0 Å². The fourth-order valence-corrected chi connectivity index (χ4v) is 1.86. The molecule has 0 aliphatic rings. The molecule has 0 aliphatic heterocycles. The highest BCUT2D eigenvalue weighted by Gasteiger charge is 2.01. The molecule has 68 valence electrons. The topological polar surface area (TPSA) is 13.1 Å². The van der Waals surface area contributed by atoms with Crippen LogP contribution in [0.4, 0.5) is 0 Å². The van der Waals surface area contributed by atoms with Crippen LogP contribution in [0, 0.1) is 0 Å². The first-order chi connectivity index (χ1) is 6.40. The smallest absolute Gasteiger partial charge is 0.134 e. The zero-order chi connectivity index (χ0) is 9.10. The molecule has 0 amide bonds. The third-order valence-electron chi connectivity index (χ3n) is 1.92. The maximum Gasteiger partial charge on any atom is 0.134 e. The van der Waals surface area contributed by atoms with Crippen LogP contribution in [0.3, 0.4) is 0 Å². The van der Waals surface area contributed by atoms with Gasteiger partial charge in [0.25, 0.3) is 0 Å². The minimum absolute atomic E-state index is 0.977. The van der Waals surface area contributed by atoms with Gasteiger partial charge in [0.05, 0.1) is 5.75 Å². The summed E-state index contributed by atoms with van der Waals surface area (Å²) in [6, 6.07) is 10.3. The standard InChI is InChI=1S/C11H12OS/c1-2-13-8-10-7-9-5-3-4-6-11(9)12-10/h3-7H,2,8H2,1H3. The van der Waals surface area contributed by atoms with Crippen LogP contribution in [-0.2, 0) is 5.75 Å². The van der Waals surface area contributed by atoms with Crippen molar-refractivity contribution in [3.8, 4) is 0 Å². The van der Waals surface area contributed by atoms with Crippen LogP contribution in [0.5, 0.6) is 0 Å². The van der Waals surface area contributed by atoms with Crippen molar-refractivity contribution in [2.24, 2.45) is 0 Å². The van der Waals surface area contributed by atoms with Crippen molar-refractivity contribution in [1.82, 2.24) is 0 Å². The van der Waals surface area contributed by atoms with E-state index in [0.717, 1.165) is 22.8 Å². The summed E-state index contributed by atoms with van der Waals surface area (Å²) < 4.78 is 5.65. The average molecular weight is 192 g/mol. The molecule has 0 fully saturated rings. The zero-order valence-electron chi connectivity index (χ0n) is 7.62. The van der Waals surface area contributed by atoms with E-state index in [1.807, 2.05) is 30.0 Å². The van der Waals surface area contributed by atoms with Crippen LogP contribution >= 0.6 is 11.8 Å². The molecule has 1 aromatic heterocycles. The molecular formula is C11H12OS. The van der Waals surface area contributed by atoms with E-state index in [0.29, 0.717) is 0 Å². The minimum atomic E-state index is 0.977. The molecule has 2 aromatic rings. The zero-order valence-corrected chi connectivity index (χ0v) is 8.43. The van der Waals surface area contributed by atoms with Crippen molar-refractivity contribution in [3.63, 3.8) is 0 Å². The van der Waals surface area contributed by atoms with E-state index < -0.39 is 0 Å². The number of hydrogen-bond acceptors (Lipinski definition) is 2. The number of rotatable bonds is 3. The Morgan fingerprint density at radius 1 is 1.31 bits per heavy atom. The van der Waals surface area contributed by atoms with Crippen LogP contribution in [0.15, 0.2) is 34.7 Å². The molecule has 2 rings (SSSR count). The molecule has 1 aromatic carbocycles. The lowest BCUT2D eigenvalue weighted by Crippen LogP contribution is -1.73. The normalized spacial score (nSPS) is 10.8. The molecule has 0 atom stereocenters. The molecule has 0 saturated carbocycles. The molecule has 0 radical (unpaired) electrons. The molecule has 0 spiro atoms. The quantitative estimate of drug-likeness (QED) is 0.735. The van der Waals surface area contributed by atoms with Gasteiger partial charge in [-0.2, -0.15) is 11.8 Å². The van der Waals surface area contributed by atoms with Gasteiger partial charge in [-0.05, 0) is 17.9 Å². The second kappa shape index (κ2) is 3.88. The van der Waals surface area contributed by atoms with Crippen LogP contribution in [0.25, 0.3) is 11.0 Å². The van der Waals surface area contributed by atoms with E-state index in [4.69, 9.17) is 4.42 Å². The number of benzene rings is 1. The monoisotopic (exact) mass is 192 g/mol. The molecular weight excluding hydrogens is 180 g/mol. The predicted octanol–water partition coefficient (Wildman–Crippen LogP) is 3.69. The summed E-state index contributed by atoms with van der Waals surface area (Å²) >= 11 is 1.88. The number of hydrogen-bond donors (Lipinski definition) is 0. The second-order valence-corrected chi connectivity index (χ2v) is 4.16. The molecule has 0 N–H and O–H groups in total. The van der Waals surface area contributed by atoms with Crippen molar-refractivity contribution >= 4 is 22.7 Å². The molecule has 13 heavy (non-hydrogen) atoms. The fraction of sp³-hybridized carbons (Fsp3) is 0.273. The van der Waals surface area contributed by atoms with Crippen molar-refractivity contribution in [2.45, 2.75) is 12.7 Å². The lowest BCUT2D eigenvalue weighted by Gasteiger charge is -1.91. The van der Waals surface area contributed by atoms with Crippen molar-refractivity contribution < 1.29 is 4.42 Å². The van der Waals surface area contributed by atoms with Gasteiger partial charge in [-0.25, -0.2) is 0 Å². The molecule has 0 unspecified atom stereocenters. The summed E-state index contributed by atoms with van der Waals surface area (Å²) in [7, 11) is 0. The largest absolute Gasteiger partial charge is 0.460 e. The summed E-state index contributed by atoms with van der Waals surface area (Å²) in [5.74, 6) is 3.19. The highest BCUT2D eigenvalue weighted by Crippen LogP contribution is 2.21.